The molecule has 7 heteroatoms. The summed E-state index contributed by atoms with van der Waals surface area (Å²) in [5, 5.41) is 0. The number of benzene rings is 2. The quantitative estimate of drug-likeness (QED) is 0.501. The van der Waals surface area contributed by atoms with Crippen LogP contribution < -0.4 is 11.2 Å². The Kier molecular flexibility index (Phi) is 5.03. The SMILES string of the molecule is C[C@@H](c1ccccc1)n1cnc2c1c(=O)n(C[C@H]1CCCO1)c(=O)n2-c1ccccc1. The fourth-order valence-corrected chi connectivity index (χ4v) is 4.30. The summed E-state index contributed by atoms with van der Waals surface area (Å²) in [6, 6.07) is 19.2. The van der Waals surface area contributed by atoms with Crippen LogP contribution in [0.25, 0.3) is 16.9 Å². The van der Waals surface area contributed by atoms with Crippen molar-refractivity contribution < 1.29 is 4.74 Å². The van der Waals surface area contributed by atoms with Crippen molar-refractivity contribution in [1.82, 2.24) is 18.7 Å². The molecule has 4 aromatic rings. The highest BCUT2D eigenvalue weighted by Gasteiger charge is 2.24. The minimum Gasteiger partial charge on any atom is -0.376 e. The second-order valence-electron chi connectivity index (χ2n) is 7.92. The zero-order valence-corrected chi connectivity index (χ0v) is 17.3. The molecule has 2 aromatic carbocycles. The summed E-state index contributed by atoms with van der Waals surface area (Å²) in [7, 11) is 0. The first-order valence-corrected chi connectivity index (χ1v) is 10.6. The Morgan fingerprint density at radius 2 is 1.77 bits per heavy atom. The lowest BCUT2D eigenvalue weighted by Crippen LogP contribution is -2.42. The third-order valence-corrected chi connectivity index (χ3v) is 5.98. The maximum absolute atomic E-state index is 13.6. The average molecular weight is 416 g/mol. The van der Waals surface area contributed by atoms with Gasteiger partial charge >= 0.3 is 5.69 Å². The van der Waals surface area contributed by atoms with Gasteiger partial charge in [-0.2, -0.15) is 0 Å². The molecule has 0 saturated carbocycles. The van der Waals surface area contributed by atoms with E-state index in [0.717, 1.165) is 18.4 Å². The lowest BCUT2D eigenvalue weighted by molar-refractivity contribution is 0.0950. The molecule has 1 aliphatic rings. The van der Waals surface area contributed by atoms with Gasteiger partial charge in [-0.15, -0.1) is 0 Å². The van der Waals surface area contributed by atoms with Gasteiger partial charge in [-0.25, -0.2) is 14.3 Å². The first kappa shape index (κ1) is 19.5. The van der Waals surface area contributed by atoms with Crippen molar-refractivity contribution in [2.75, 3.05) is 6.61 Å². The monoisotopic (exact) mass is 416 g/mol. The second kappa shape index (κ2) is 8.00. The molecule has 2 atom stereocenters. The number of rotatable bonds is 5. The van der Waals surface area contributed by atoms with E-state index in [9.17, 15) is 9.59 Å². The molecule has 0 unspecified atom stereocenters. The fourth-order valence-electron chi connectivity index (χ4n) is 4.30. The average Bonchev–Trinajstić information content (AvgIpc) is 3.48. The molecule has 158 valence electrons. The van der Waals surface area contributed by atoms with Gasteiger partial charge in [0.25, 0.3) is 5.56 Å². The fraction of sp³-hybridized carbons (Fsp3) is 0.292. The minimum absolute atomic E-state index is 0.114. The van der Waals surface area contributed by atoms with E-state index in [1.165, 1.54) is 9.13 Å². The van der Waals surface area contributed by atoms with E-state index in [1.54, 1.807) is 6.33 Å². The summed E-state index contributed by atoms with van der Waals surface area (Å²) in [6.07, 6.45) is 3.31. The van der Waals surface area contributed by atoms with Crippen LogP contribution in [-0.2, 0) is 11.3 Å². The van der Waals surface area contributed by atoms with Gasteiger partial charge in [-0.05, 0) is 37.5 Å². The van der Waals surface area contributed by atoms with Crippen LogP contribution in [0.5, 0.6) is 0 Å². The largest absolute Gasteiger partial charge is 0.376 e. The van der Waals surface area contributed by atoms with E-state index in [4.69, 9.17) is 4.74 Å². The van der Waals surface area contributed by atoms with Gasteiger partial charge in [0.15, 0.2) is 11.2 Å². The van der Waals surface area contributed by atoms with Crippen molar-refractivity contribution >= 4 is 11.2 Å². The maximum Gasteiger partial charge on any atom is 0.337 e. The van der Waals surface area contributed by atoms with Crippen molar-refractivity contribution in [3.63, 3.8) is 0 Å². The number of para-hydroxylation sites is 1. The van der Waals surface area contributed by atoms with E-state index >= 15 is 0 Å². The first-order valence-electron chi connectivity index (χ1n) is 10.6. The van der Waals surface area contributed by atoms with E-state index in [1.807, 2.05) is 72.2 Å². The third-order valence-electron chi connectivity index (χ3n) is 5.98. The highest BCUT2D eigenvalue weighted by Crippen LogP contribution is 2.22. The molecule has 2 aromatic heterocycles. The van der Waals surface area contributed by atoms with Crippen LogP contribution >= 0.6 is 0 Å². The molecule has 5 rings (SSSR count). The summed E-state index contributed by atoms with van der Waals surface area (Å²) in [5.74, 6) is 0. The molecule has 0 N–H and O–H groups in total. The summed E-state index contributed by atoms with van der Waals surface area (Å²) < 4.78 is 10.4. The highest BCUT2D eigenvalue weighted by molar-refractivity contribution is 5.72. The standard InChI is InChI=1S/C24H24N4O3/c1-17(18-9-4-2-5-10-18)27-16-25-22-21(27)23(29)26(15-20-13-8-14-31-20)24(30)28(22)19-11-6-3-7-12-19/h2-7,9-12,16-17,20H,8,13-15H2,1H3/t17-,20+/m0/s1. The number of ether oxygens (including phenoxy) is 1. The van der Waals surface area contributed by atoms with Crippen molar-refractivity contribution in [3.05, 3.63) is 93.4 Å². The number of fused-ring (bicyclic) bond motifs is 1. The Bertz CT molecular complexity index is 1320. The van der Waals surface area contributed by atoms with Crippen LogP contribution in [0.2, 0.25) is 0 Å². The van der Waals surface area contributed by atoms with Crippen LogP contribution in [-0.4, -0.2) is 31.4 Å². The molecular formula is C24H24N4O3. The van der Waals surface area contributed by atoms with Gasteiger partial charge in [0, 0.05) is 6.61 Å². The number of hydrogen-bond acceptors (Lipinski definition) is 4. The second-order valence-corrected chi connectivity index (χ2v) is 7.92. The zero-order chi connectivity index (χ0) is 21.4. The van der Waals surface area contributed by atoms with Gasteiger partial charge in [0.05, 0.1) is 30.7 Å². The predicted molar refractivity (Wildman–Crippen MR) is 119 cm³/mol. The molecule has 7 nitrogen and oxygen atoms in total. The normalized spacial score (nSPS) is 17.3. The molecule has 0 radical (unpaired) electrons. The first-order chi connectivity index (χ1) is 15.1. The summed E-state index contributed by atoms with van der Waals surface area (Å²) in [6.45, 7) is 2.93. The van der Waals surface area contributed by atoms with Crippen LogP contribution in [0.1, 0.15) is 31.4 Å². The van der Waals surface area contributed by atoms with Gasteiger partial charge in [0.1, 0.15) is 0 Å². The Balaban J connectivity index is 1.77. The number of imidazole rings is 1. The highest BCUT2D eigenvalue weighted by atomic mass is 16.5. The number of nitrogens with zero attached hydrogens (tertiary/aromatic N) is 4. The Morgan fingerprint density at radius 1 is 1.06 bits per heavy atom. The topological polar surface area (TPSA) is 71.1 Å². The van der Waals surface area contributed by atoms with Gasteiger partial charge in [-0.3, -0.25) is 9.36 Å². The molecule has 3 heterocycles. The van der Waals surface area contributed by atoms with Crippen LogP contribution in [0.4, 0.5) is 0 Å². The lowest BCUT2D eigenvalue weighted by Gasteiger charge is -2.17. The maximum atomic E-state index is 13.6. The van der Waals surface area contributed by atoms with E-state index in [2.05, 4.69) is 4.98 Å². The number of aromatic nitrogens is 4. The summed E-state index contributed by atoms with van der Waals surface area (Å²) in [5.41, 5.74) is 1.80. The van der Waals surface area contributed by atoms with Crippen LogP contribution in [0, 0.1) is 0 Å². The molecule has 1 aliphatic heterocycles. The van der Waals surface area contributed by atoms with Gasteiger partial charge in [-0.1, -0.05) is 48.5 Å². The van der Waals surface area contributed by atoms with E-state index in [-0.39, 0.29) is 24.2 Å². The Hall–Kier alpha value is -3.45. The smallest absolute Gasteiger partial charge is 0.337 e. The number of hydrogen-bond donors (Lipinski definition) is 0. The van der Waals surface area contributed by atoms with Crippen LogP contribution in [0.3, 0.4) is 0 Å². The molecule has 0 aliphatic carbocycles. The Morgan fingerprint density at radius 3 is 2.45 bits per heavy atom. The van der Waals surface area contributed by atoms with Gasteiger partial charge in [0.2, 0.25) is 0 Å². The zero-order valence-electron chi connectivity index (χ0n) is 17.3. The third kappa shape index (κ3) is 3.41. The van der Waals surface area contributed by atoms with E-state index in [0.29, 0.717) is 23.5 Å². The van der Waals surface area contributed by atoms with E-state index < -0.39 is 5.69 Å². The molecule has 1 fully saturated rings. The van der Waals surface area contributed by atoms with Crippen molar-refractivity contribution in [2.24, 2.45) is 0 Å². The molecule has 31 heavy (non-hydrogen) atoms. The molecule has 0 spiro atoms. The summed E-state index contributed by atoms with van der Waals surface area (Å²) >= 11 is 0. The molecule has 0 amide bonds. The summed E-state index contributed by atoms with van der Waals surface area (Å²) in [4.78, 5) is 31.6. The van der Waals surface area contributed by atoms with Crippen molar-refractivity contribution in [3.8, 4) is 5.69 Å². The van der Waals surface area contributed by atoms with Crippen LogP contribution in [0.15, 0.2) is 76.6 Å². The lowest BCUT2D eigenvalue weighted by atomic mass is 10.1. The van der Waals surface area contributed by atoms with Gasteiger partial charge < -0.3 is 9.30 Å². The molecular weight excluding hydrogens is 392 g/mol. The Labute approximate surface area is 179 Å². The predicted octanol–water partition coefficient (Wildman–Crippen LogP) is 3.14. The molecule has 0 bridgehead atoms. The van der Waals surface area contributed by atoms with Crippen molar-refractivity contribution in [2.45, 2.75) is 38.5 Å². The minimum atomic E-state index is -0.392. The van der Waals surface area contributed by atoms with Crippen molar-refractivity contribution in [1.29, 1.82) is 0 Å². The molecule has 1 saturated heterocycles.